The Bertz CT molecular complexity index is 1250. The summed E-state index contributed by atoms with van der Waals surface area (Å²) >= 11 is 1.10. The Morgan fingerprint density at radius 3 is 2.67 bits per heavy atom. The summed E-state index contributed by atoms with van der Waals surface area (Å²) in [7, 11) is -2.08. The van der Waals surface area contributed by atoms with Crippen LogP contribution >= 0.6 is 11.3 Å². The maximum Gasteiger partial charge on any atom is 0.317 e. The molecule has 0 bridgehead atoms. The fourth-order valence-electron chi connectivity index (χ4n) is 5.01. The quantitative estimate of drug-likeness (QED) is 0.438. The zero-order valence-electron chi connectivity index (χ0n) is 22.6. The number of hydrogen-bond donors (Lipinski definition) is 3. The molecule has 1 fully saturated rings. The highest BCUT2D eigenvalue weighted by Crippen LogP contribution is 2.32. The van der Waals surface area contributed by atoms with Crippen molar-refractivity contribution in [3.05, 3.63) is 41.3 Å². The van der Waals surface area contributed by atoms with Crippen molar-refractivity contribution in [1.82, 2.24) is 15.1 Å². The number of nitrogens with zero attached hydrogens (tertiary/aromatic N) is 2. The molecule has 1 aliphatic heterocycles. The van der Waals surface area contributed by atoms with Gasteiger partial charge in [0.05, 0.1) is 24.8 Å². The predicted molar refractivity (Wildman–Crippen MR) is 151 cm³/mol. The molecule has 1 aromatic heterocycles. The van der Waals surface area contributed by atoms with Crippen LogP contribution in [0.1, 0.15) is 56.3 Å². The van der Waals surface area contributed by atoms with Crippen molar-refractivity contribution < 1.29 is 27.9 Å². The molecule has 0 saturated heterocycles. The van der Waals surface area contributed by atoms with Gasteiger partial charge in [-0.1, -0.05) is 32.3 Å². The zero-order chi connectivity index (χ0) is 28.2. The third-order valence-electron chi connectivity index (χ3n) is 7.41. The number of amides is 3. The summed E-state index contributed by atoms with van der Waals surface area (Å²) in [4.78, 5) is 29.8. The highest BCUT2D eigenvalue weighted by atomic mass is 32.2. The fourth-order valence-corrected chi connectivity index (χ4v) is 7.05. The molecule has 1 aliphatic carbocycles. The maximum absolute atomic E-state index is 13.6. The van der Waals surface area contributed by atoms with E-state index in [4.69, 9.17) is 4.74 Å². The van der Waals surface area contributed by atoms with Crippen molar-refractivity contribution in [2.75, 3.05) is 31.5 Å². The van der Waals surface area contributed by atoms with Gasteiger partial charge in [0.25, 0.3) is 15.9 Å². The van der Waals surface area contributed by atoms with Gasteiger partial charge >= 0.3 is 6.03 Å². The molecule has 4 rings (SSSR count). The van der Waals surface area contributed by atoms with E-state index in [9.17, 15) is 23.1 Å². The number of sulfonamides is 1. The summed E-state index contributed by atoms with van der Waals surface area (Å²) in [5.41, 5.74) is 0.415. The lowest BCUT2D eigenvalue weighted by Gasteiger charge is -2.38. The van der Waals surface area contributed by atoms with Crippen molar-refractivity contribution in [3.8, 4) is 5.75 Å². The number of carbonyl (C=O) groups is 2. The van der Waals surface area contributed by atoms with E-state index in [1.807, 2.05) is 6.92 Å². The van der Waals surface area contributed by atoms with Crippen LogP contribution in [-0.4, -0.2) is 80.2 Å². The van der Waals surface area contributed by atoms with E-state index in [-0.39, 0.29) is 46.0 Å². The minimum atomic E-state index is -3.81. The molecule has 214 valence electrons. The van der Waals surface area contributed by atoms with E-state index in [1.165, 1.54) is 18.6 Å². The van der Waals surface area contributed by atoms with Crippen molar-refractivity contribution in [3.63, 3.8) is 0 Å². The molecule has 0 spiro atoms. The van der Waals surface area contributed by atoms with Gasteiger partial charge < -0.3 is 25.0 Å². The molecule has 2 heterocycles. The van der Waals surface area contributed by atoms with Crippen LogP contribution in [0.2, 0.25) is 0 Å². The Labute approximate surface area is 234 Å². The zero-order valence-corrected chi connectivity index (χ0v) is 24.3. The van der Waals surface area contributed by atoms with Crippen molar-refractivity contribution in [1.29, 1.82) is 0 Å². The maximum atomic E-state index is 13.6. The standard InChI is InChI=1S/C27H38N4O6S2/c1-18-15-31(19(2)17-32)26(33)22-14-21(29-39(35,36)25-10-7-13-38-25)11-12-23(22)37-24(18)16-30(3)27(34)28-20-8-5-4-6-9-20/h7,10-14,18-20,24,29,32H,4-6,8-9,15-17H2,1-3H3,(H,28,34)/t18-,19+,24-/m0/s1. The van der Waals surface area contributed by atoms with E-state index in [1.54, 1.807) is 47.4 Å². The lowest BCUT2D eigenvalue weighted by atomic mass is 9.96. The minimum absolute atomic E-state index is 0.155. The second-order valence-corrected chi connectivity index (χ2v) is 13.4. The van der Waals surface area contributed by atoms with Crippen molar-refractivity contribution >= 4 is 39.0 Å². The lowest BCUT2D eigenvalue weighted by molar-refractivity contribution is 0.0366. The Hall–Kier alpha value is -2.83. The van der Waals surface area contributed by atoms with Crippen LogP contribution in [-0.2, 0) is 10.0 Å². The third kappa shape index (κ3) is 7.03. The average molecular weight is 579 g/mol. The van der Waals surface area contributed by atoms with Gasteiger partial charge in [0.15, 0.2) is 0 Å². The van der Waals surface area contributed by atoms with Crippen LogP contribution in [0.4, 0.5) is 10.5 Å². The Morgan fingerprint density at radius 2 is 2.00 bits per heavy atom. The molecule has 2 aliphatic rings. The number of urea groups is 1. The van der Waals surface area contributed by atoms with Crippen LogP contribution in [0.3, 0.4) is 0 Å². The molecule has 0 radical (unpaired) electrons. The number of ether oxygens (including phenoxy) is 1. The summed E-state index contributed by atoms with van der Waals surface area (Å²) in [6, 6.07) is 7.31. The normalized spacial score (nSPS) is 21.2. The summed E-state index contributed by atoms with van der Waals surface area (Å²) in [5.74, 6) is -0.220. The van der Waals surface area contributed by atoms with E-state index >= 15 is 0 Å². The number of aliphatic hydroxyl groups excluding tert-OH is 1. The highest BCUT2D eigenvalue weighted by Gasteiger charge is 2.34. The Morgan fingerprint density at radius 1 is 1.26 bits per heavy atom. The number of hydrogen-bond acceptors (Lipinski definition) is 7. The molecule has 2 aromatic rings. The molecule has 12 heteroatoms. The number of likely N-dealkylation sites (N-methyl/N-ethyl adjacent to an activating group) is 1. The predicted octanol–water partition coefficient (Wildman–Crippen LogP) is 3.74. The van der Waals surface area contributed by atoms with Crippen LogP contribution in [0.5, 0.6) is 5.75 Å². The first-order valence-corrected chi connectivity index (χ1v) is 15.8. The number of nitrogens with one attached hydrogen (secondary N) is 2. The van der Waals surface area contributed by atoms with Gasteiger partial charge in [-0.15, -0.1) is 11.3 Å². The van der Waals surface area contributed by atoms with E-state index in [2.05, 4.69) is 10.0 Å². The van der Waals surface area contributed by atoms with Crippen LogP contribution < -0.4 is 14.8 Å². The first-order chi connectivity index (χ1) is 18.6. The van der Waals surface area contributed by atoms with Gasteiger partial charge in [0.1, 0.15) is 16.1 Å². The number of aliphatic hydroxyl groups is 1. The van der Waals surface area contributed by atoms with Gasteiger partial charge in [0, 0.05) is 31.2 Å². The van der Waals surface area contributed by atoms with Gasteiger partial charge in [-0.3, -0.25) is 9.52 Å². The van der Waals surface area contributed by atoms with E-state index in [0.29, 0.717) is 18.8 Å². The minimum Gasteiger partial charge on any atom is -0.487 e. The lowest BCUT2D eigenvalue weighted by Crippen LogP contribution is -2.52. The molecular weight excluding hydrogens is 540 g/mol. The summed E-state index contributed by atoms with van der Waals surface area (Å²) in [5, 5.41) is 14.7. The van der Waals surface area contributed by atoms with Crippen LogP contribution in [0, 0.1) is 5.92 Å². The molecule has 0 unspecified atom stereocenters. The molecule has 1 aromatic carbocycles. The third-order valence-corrected chi connectivity index (χ3v) is 10.2. The fraction of sp³-hybridized carbons (Fsp3) is 0.556. The Balaban J connectivity index is 1.58. The number of fused-ring (bicyclic) bond motifs is 1. The molecule has 3 N–H and O–H groups in total. The van der Waals surface area contributed by atoms with Crippen LogP contribution in [0.15, 0.2) is 39.9 Å². The second kappa shape index (κ2) is 12.6. The molecule has 1 saturated carbocycles. The van der Waals surface area contributed by atoms with Gasteiger partial charge in [-0.25, -0.2) is 13.2 Å². The summed E-state index contributed by atoms with van der Waals surface area (Å²) in [6.45, 7) is 4.08. The number of anilines is 1. The molecule has 3 atom stereocenters. The number of thiophene rings is 1. The van der Waals surface area contributed by atoms with Gasteiger partial charge in [0.2, 0.25) is 0 Å². The smallest absolute Gasteiger partial charge is 0.317 e. The van der Waals surface area contributed by atoms with E-state index < -0.39 is 22.2 Å². The number of benzene rings is 1. The number of carbonyl (C=O) groups excluding carboxylic acids is 2. The summed E-state index contributed by atoms with van der Waals surface area (Å²) < 4.78 is 34.6. The molecule has 3 amide bonds. The van der Waals surface area contributed by atoms with Gasteiger partial charge in [-0.2, -0.15) is 0 Å². The molecular formula is C27H38N4O6S2. The second-order valence-electron chi connectivity index (χ2n) is 10.5. The largest absolute Gasteiger partial charge is 0.487 e. The number of rotatable bonds is 8. The van der Waals surface area contributed by atoms with Crippen molar-refractivity contribution in [2.45, 2.75) is 68.3 Å². The molecule has 39 heavy (non-hydrogen) atoms. The average Bonchev–Trinajstić information content (AvgIpc) is 3.47. The topological polar surface area (TPSA) is 128 Å². The van der Waals surface area contributed by atoms with Crippen LogP contribution in [0.25, 0.3) is 0 Å². The van der Waals surface area contributed by atoms with E-state index in [0.717, 1.165) is 37.0 Å². The first kappa shape index (κ1) is 29.2. The summed E-state index contributed by atoms with van der Waals surface area (Å²) in [6.07, 6.45) is 4.96. The van der Waals surface area contributed by atoms with Crippen molar-refractivity contribution in [2.24, 2.45) is 5.92 Å². The van der Waals surface area contributed by atoms with Gasteiger partial charge in [-0.05, 0) is 49.4 Å². The molecule has 10 nitrogen and oxygen atoms in total. The first-order valence-electron chi connectivity index (χ1n) is 13.4. The Kier molecular flexibility index (Phi) is 9.39. The highest BCUT2D eigenvalue weighted by molar-refractivity contribution is 7.94. The monoisotopic (exact) mass is 578 g/mol. The SMILES string of the molecule is C[C@H](CO)N1C[C@H](C)[C@H](CN(C)C(=O)NC2CCCCC2)Oc2ccc(NS(=O)(=O)c3cccs3)cc2C1=O.